The predicted molar refractivity (Wildman–Crippen MR) is 106 cm³/mol. The van der Waals surface area contributed by atoms with Gasteiger partial charge in [-0.05, 0) is 58.5 Å². The van der Waals surface area contributed by atoms with Crippen molar-refractivity contribution in [3.63, 3.8) is 0 Å². The first kappa shape index (κ1) is 15.7. The maximum Gasteiger partial charge on any atom is 0.174 e. The molecule has 1 saturated heterocycles. The molecule has 3 nitrogen and oxygen atoms in total. The van der Waals surface area contributed by atoms with E-state index in [0.717, 1.165) is 21.0 Å². The number of aromatic nitrogens is 1. The van der Waals surface area contributed by atoms with Gasteiger partial charge in [-0.3, -0.25) is 4.98 Å². The Morgan fingerprint density at radius 1 is 1.12 bits per heavy atom. The standard InChI is InChI=1S/C18H14BrN3S2/c19-12-10-15(24-11-12)17-16(14-8-4-5-9-20-14)21-18(23)22(17)13-6-2-1-3-7-13/h1-11,16-17H,(H,21,23)/t16-,17-/m1/s1. The van der Waals surface area contributed by atoms with Crippen molar-refractivity contribution in [2.75, 3.05) is 4.90 Å². The number of hydrogen-bond acceptors (Lipinski definition) is 3. The lowest BCUT2D eigenvalue weighted by Gasteiger charge is -2.26. The minimum absolute atomic E-state index is 0.0180. The molecule has 1 aliphatic rings. The van der Waals surface area contributed by atoms with Crippen molar-refractivity contribution in [1.82, 2.24) is 10.3 Å². The molecule has 2 atom stereocenters. The van der Waals surface area contributed by atoms with E-state index in [1.807, 2.05) is 42.6 Å². The second kappa shape index (κ2) is 6.63. The number of nitrogens with one attached hydrogen (secondary N) is 1. The van der Waals surface area contributed by atoms with Gasteiger partial charge in [-0.1, -0.05) is 24.3 Å². The average Bonchev–Trinajstić information content (AvgIpc) is 3.19. The second-order valence-corrected chi connectivity index (χ2v) is 7.74. The fourth-order valence-corrected chi connectivity index (χ4v) is 4.91. The third kappa shape index (κ3) is 2.85. The monoisotopic (exact) mass is 415 g/mol. The molecule has 3 heterocycles. The molecule has 2 aromatic heterocycles. The number of para-hydroxylation sites is 1. The minimum atomic E-state index is 0.0180. The second-order valence-electron chi connectivity index (χ2n) is 5.50. The van der Waals surface area contributed by atoms with Crippen molar-refractivity contribution in [3.05, 3.63) is 81.2 Å². The van der Waals surface area contributed by atoms with Crippen LogP contribution in [0.5, 0.6) is 0 Å². The molecule has 0 spiro atoms. The van der Waals surface area contributed by atoms with Crippen LogP contribution in [0.2, 0.25) is 0 Å². The number of rotatable bonds is 3. The maximum absolute atomic E-state index is 5.66. The molecule has 0 amide bonds. The van der Waals surface area contributed by atoms with Crippen LogP contribution in [0.25, 0.3) is 0 Å². The molecule has 0 bridgehead atoms. The van der Waals surface area contributed by atoms with Gasteiger partial charge in [0.1, 0.15) is 0 Å². The van der Waals surface area contributed by atoms with Crippen LogP contribution in [-0.4, -0.2) is 10.1 Å². The summed E-state index contributed by atoms with van der Waals surface area (Å²) in [7, 11) is 0. The lowest BCUT2D eigenvalue weighted by molar-refractivity contribution is 0.575. The van der Waals surface area contributed by atoms with Crippen LogP contribution in [-0.2, 0) is 0 Å². The van der Waals surface area contributed by atoms with Crippen LogP contribution in [0, 0.1) is 0 Å². The molecule has 3 aromatic rings. The van der Waals surface area contributed by atoms with Gasteiger partial charge in [0.2, 0.25) is 0 Å². The molecule has 1 aromatic carbocycles. The fourth-order valence-electron chi connectivity index (χ4n) is 2.99. The lowest BCUT2D eigenvalue weighted by atomic mass is 10.0. The summed E-state index contributed by atoms with van der Waals surface area (Å²) in [6.45, 7) is 0. The van der Waals surface area contributed by atoms with Gasteiger partial charge in [0.15, 0.2) is 5.11 Å². The SMILES string of the molecule is S=C1N[C@H](c2ccccn2)[C@@H](c2cc(Br)cs2)N1c1ccccc1. The molecule has 6 heteroatoms. The Balaban J connectivity index is 1.82. The summed E-state index contributed by atoms with van der Waals surface area (Å²) in [6, 6.07) is 18.5. The number of hydrogen-bond donors (Lipinski definition) is 1. The van der Waals surface area contributed by atoms with E-state index in [4.69, 9.17) is 12.2 Å². The molecule has 1 fully saturated rings. The summed E-state index contributed by atoms with van der Waals surface area (Å²) in [5, 5.41) is 6.30. The van der Waals surface area contributed by atoms with Gasteiger partial charge in [-0.25, -0.2) is 0 Å². The zero-order valence-corrected chi connectivity index (χ0v) is 15.8. The number of pyridine rings is 1. The quantitative estimate of drug-likeness (QED) is 0.603. The van der Waals surface area contributed by atoms with Crippen molar-refractivity contribution in [2.24, 2.45) is 0 Å². The van der Waals surface area contributed by atoms with Crippen LogP contribution in [0.4, 0.5) is 5.69 Å². The van der Waals surface area contributed by atoms with Crippen LogP contribution >= 0.6 is 39.5 Å². The molecule has 1 N–H and O–H groups in total. The normalized spacial score (nSPS) is 20.2. The first-order valence-corrected chi connectivity index (χ1v) is 9.62. The number of halogens is 1. The van der Waals surface area contributed by atoms with E-state index >= 15 is 0 Å². The molecule has 120 valence electrons. The van der Waals surface area contributed by atoms with Crippen LogP contribution < -0.4 is 10.2 Å². The topological polar surface area (TPSA) is 28.2 Å². The predicted octanol–water partition coefficient (Wildman–Crippen LogP) is 5.08. The third-order valence-electron chi connectivity index (χ3n) is 4.01. The molecule has 1 aliphatic heterocycles. The van der Waals surface area contributed by atoms with Crippen molar-refractivity contribution < 1.29 is 0 Å². The number of benzene rings is 1. The lowest BCUT2D eigenvalue weighted by Crippen LogP contribution is -2.28. The van der Waals surface area contributed by atoms with Crippen molar-refractivity contribution in [2.45, 2.75) is 12.1 Å². The first-order chi connectivity index (χ1) is 11.7. The summed E-state index contributed by atoms with van der Waals surface area (Å²) in [4.78, 5) is 7.98. The van der Waals surface area contributed by atoms with Crippen LogP contribution in [0.15, 0.2) is 70.6 Å². The van der Waals surface area contributed by atoms with Gasteiger partial charge in [0, 0.05) is 26.6 Å². The highest BCUT2D eigenvalue weighted by atomic mass is 79.9. The summed E-state index contributed by atoms with van der Waals surface area (Å²) in [6.07, 6.45) is 1.83. The highest BCUT2D eigenvalue weighted by Gasteiger charge is 2.41. The Morgan fingerprint density at radius 3 is 2.58 bits per heavy atom. The molecule has 0 unspecified atom stereocenters. The Hall–Kier alpha value is -1.76. The first-order valence-electron chi connectivity index (χ1n) is 7.53. The summed E-state index contributed by atoms with van der Waals surface area (Å²) in [5.74, 6) is 0. The van der Waals surface area contributed by atoms with Crippen LogP contribution in [0.3, 0.4) is 0 Å². The van der Waals surface area contributed by atoms with Gasteiger partial charge < -0.3 is 10.2 Å². The van der Waals surface area contributed by atoms with Gasteiger partial charge in [-0.2, -0.15) is 0 Å². The van der Waals surface area contributed by atoms with Crippen LogP contribution in [0.1, 0.15) is 22.7 Å². The average molecular weight is 416 g/mol. The smallest absolute Gasteiger partial charge is 0.174 e. The van der Waals surface area contributed by atoms with Gasteiger partial charge >= 0.3 is 0 Å². The largest absolute Gasteiger partial charge is 0.351 e. The van der Waals surface area contributed by atoms with E-state index in [-0.39, 0.29) is 12.1 Å². The Kier molecular flexibility index (Phi) is 4.35. The Morgan fingerprint density at radius 2 is 1.92 bits per heavy atom. The van der Waals surface area contributed by atoms with E-state index < -0.39 is 0 Å². The van der Waals surface area contributed by atoms with Gasteiger partial charge in [-0.15, -0.1) is 11.3 Å². The molecule has 24 heavy (non-hydrogen) atoms. The van der Waals surface area contributed by atoms with Gasteiger partial charge in [0.25, 0.3) is 0 Å². The van der Waals surface area contributed by atoms with Crippen molar-refractivity contribution >= 4 is 50.3 Å². The minimum Gasteiger partial charge on any atom is -0.351 e. The molecular formula is C18H14BrN3S2. The zero-order chi connectivity index (χ0) is 16.5. The summed E-state index contributed by atoms with van der Waals surface area (Å²) >= 11 is 11.0. The Bertz CT molecular complexity index is 851. The Labute approximate surface area is 158 Å². The number of thiophene rings is 1. The van der Waals surface area contributed by atoms with E-state index in [1.54, 1.807) is 11.3 Å². The fraction of sp³-hybridized carbons (Fsp3) is 0.111. The maximum atomic E-state index is 5.66. The van der Waals surface area contributed by atoms with E-state index in [2.05, 4.69) is 54.7 Å². The van der Waals surface area contributed by atoms with E-state index in [9.17, 15) is 0 Å². The van der Waals surface area contributed by atoms with Gasteiger partial charge in [0.05, 0.1) is 17.8 Å². The molecule has 0 aliphatic carbocycles. The summed E-state index contributed by atoms with van der Waals surface area (Å²) < 4.78 is 1.09. The zero-order valence-electron chi connectivity index (χ0n) is 12.6. The highest BCUT2D eigenvalue weighted by molar-refractivity contribution is 9.10. The number of nitrogens with zero attached hydrogens (tertiary/aromatic N) is 2. The van der Waals surface area contributed by atoms with Crippen molar-refractivity contribution in [1.29, 1.82) is 0 Å². The van der Waals surface area contributed by atoms with E-state index in [1.165, 1.54) is 4.88 Å². The summed E-state index contributed by atoms with van der Waals surface area (Å²) in [5.41, 5.74) is 2.08. The van der Waals surface area contributed by atoms with E-state index in [0.29, 0.717) is 0 Å². The molecular weight excluding hydrogens is 402 g/mol. The molecule has 4 rings (SSSR count). The number of thiocarbonyl (C=S) groups is 1. The highest BCUT2D eigenvalue weighted by Crippen LogP contribution is 2.43. The molecule has 0 radical (unpaired) electrons. The molecule has 0 saturated carbocycles. The van der Waals surface area contributed by atoms with Crippen molar-refractivity contribution in [3.8, 4) is 0 Å². The third-order valence-corrected chi connectivity index (χ3v) is 6.09. The number of anilines is 1.